The molecule has 23 heavy (non-hydrogen) atoms. The van der Waals surface area contributed by atoms with Gasteiger partial charge in [0.25, 0.3) is 0 Å². The minimum atomic E-state index is -0.148. The van der Waals surface area contributed by atoms with Crippen LogP contribution in [0.4, 0.5) is 5.69 Å². The highest BCUT2D eigenvalue weighted by Crippen LogP contribution is 2.15. The summed E-state index contributed by atoms with van der Waals surface area (Å²) in [5, 5.41) is 0. The van der Waals surface area contributed by atoms with Gasteiger partial charge in [0, 0.05) is 12.1 Å². The lowest BCUT2D eigenvalue weighted by molar-refractivity contribution is -0.134. The topological polar surface area (TPSA) is 52.3 Å². The summed E-state index contributed by atoms with van der Waals surface area (Å²) in [4.78, 5) is 11.7. The fourth-order valence-electron chi connectivity index (χ4n) is 2.65. The van der Waals surface area contributed by atoms with E-state index >= 15 is 0 Å². The number of carbonyl (C=O) groups is 1. The molecule has 0 heterocycles. The third-order valence-electron chi connectivity index (χ3n) is 4.10. The van der Waals surface area contributed by atoms with Crippen molar-refractivity contribution in [2.45, 2.75) is 84.0 Å². The van der Waals surface area contributed by atoms with E-state index in [1.165, 1.54) is 57.8 Å². The van der Waals surface area contributed by atoms with E-state index in [0.717, 1.165) is 12.8 Å². The third kappa shape index (κ3) is 10.8. The van der Waals surface area contributed by atoms with Crippen molar-refractivity contribution in [3.63, 3.8) is 0 Å². The molecule has 130 valence electrons. The first kappa shape index (κ1) is 19.5. The highest BCUT2D eigenvalue weighted by Gasteiger charge is 2.04. The van der Waals surface area contributed by atoms with Crippen molar-refractivity contribution in [3.05, 3.63) is 24.3 Å². The largest absolute Gasteiger partial charge is 0.427 e. The summed E-state index contributed by atoms with van der Waals surface area (Å²) < 4.78 is 5.27. The van der Waals surface area contributed by atoms with Crippen LogP contribution >= 0.6 is 0 Å². The second-order valence-electron chi connectivity index (χ2n) is 6.33. The Morgan fingerprint density at radius 1 is 0.826 bits per heavy atom. The van der Waals surface area contributed by atoms with Gasteiger partial charge in [0.1, 0.15) is 5.75 Å². The van der Waals surface area contributed by atoms with Crippen molar-refractivity contribution in [3.8, 4) is 5.75 Å². The number of carbonyl (C=O) groups excluding carboxylic acids is 1. The fraction of sp³-hybridized carbons (Fsp3) is 0.650. The van der Waals surface area contributed by atoms with Gasteiger partial charge in [0.2, 0.25) is 0 Å². The van der Waals surface area contributed by atoms with Gasteiger partial charge in [-0.1, -0.05) is 71.1 Å². The smallest absolute Gasteiger partial charge is 0.311 e. The first-order chi connectivity index (χ1) is 11.2. The minimum absolute atomic E-state index is 0.148. The van der Waals surface area contributed by atoms with Crippen molar-refractivity contribution in [2.24, 2.45) is 0 Å². The van der Waals surface area contributed by atoms with E-state index in [2.05, 4.69) is 6.92 Å². The maximum Gasteiger partial charge on any atom is 0.311 e. The minimum Gasteiger partial charge on any atom is -0.427 e. The Bertz CT molecular complexity index is 414. The van der Waals surface area contributed by atoms with Gasteiger partial charge in [-0.2, -0.15) is 0 Å². The molecular formula is C20H33NO2. The molecule has 0 aliphatic rings. The fourth-order valence-corrected chi connectivity index (χ4v) is 2.65. The molecule has 0 unspecified atom stereocenters. The number of rotatable bonds is 13. The average Bonchev–Trinajstić information content (AvgIpc) is 2.55. The van der Waals surface area contributed by atoms with E-state index in [4.69, 9.17) is 10.5 Å². The Balaban J connectivity index is 1.90. The molecule has 1 aromatic carbocycles. The second-order valence-corrected chi connectivity index (χ2v) is 6.33. The van der Waals surface area contributed by atoms with Gasteiger partial charge in [-0.25, -0.2) is 0 Å². The van der Waals surface area contributed by atoms with E-state index in [-0.39, 0.29) is 5.97 Å². The Labute approximate surface area is 141 Å². The molecule has 2 N–H and O–H groups in total. The molecule has 0 aliphatic heterocycles. The highest BCUT2D eigenvalue weighted by atomic mass is 16.5. The van der Waals surface area contributed by atoms with Crippen molar-refractivity contribution < 1.29 is 9.53 Å². The third-order valence-corrected chi connectivity index (χ3v) is 4.10. The van der Waals surface area contributed by atoms with Gasteiger partial charge >= 0.3 is 5.97 Å². The second kappa shape index (κ2) is 13.0. The van der Waals surface area contributed by atoms with Crippen molar-refractivity contribution in [2.75, 3.05) is 5.73 Å². The van der Waals surface area contributed by atoms with Crippen molar-refractivity contribution in [1.29, 1.82) is 0 Å². The van der Waals surface area contributed by atoms with Crippen molar-refractivity contribution >= 4 is 11.7 Å². The van der Waals surface area contributed by atoms with E-state index in [9.17, 15) is 4.79 Å². The number of nitrogen functional groups attached to an aromatic ring is 1. The van der Waals surface area contributed by atoms with Crippen LogP contribution in [-0.2, 0) is 4.79 Å². The van der Waals surface area contributed by atoms with E-state index < -0.39 is 0 Å². The lowest BCUT2D eigenvalue weighted by atomic mass is 10.1. The van der Waals surface area contributed by atoms with Gasteiger partial charge < -0.3 is 10.5 Å². The molecule has 0 amide bonds. The maximum absolute atomic E-state index is 11.7. The van der Waals surface area contributed by atoms with Crippen LogP contribution < -0.4 is 10.5 Å². The lowest BCUT2D eigenvalue weighted by Crippen LogP contribution is -2.07. The summed E-state index contributed by atoms with van der Waals surface area (Å²) >= 11 is 0. The van der Waals surface area contributed by atoms with Crippen LogP contribution in [0.3, 0.4) is 0 Å². The summed E-state index contributed by atoms with van der Waals surface area (Å²) in [6, 6.07) is 6.94. The Hall–Kier alpha value is -1.51. The lowest BCUT2D eigenvalue weighted by Gasteiger charge is -2.05. The van der Waals surface area contributed by atoms with Gasteiger partial charge in [-0.3, -0.25) is 4.79 Å². The molecule has 0 spiro atoms. The molecule has 0 fully saturated rings. The first-order valence-corrected chi connectivity index (χ1v) is 9.28. The predicted molar refractivity (Wildman–Crippen MR) is 97.6 cm³/mol. The monoisotopic (exact) mass is 319 g/mol. The number of unbranched alkanes of at least 4 members (excludes halogenated alkanes) is 10. The molecule has 0 atom stereocenters. The SMILES string of the molecule is CCCCCCCCCCCCCC(=O)Oc1ccc(N)cc1. The van der Waals surface area contributed by atoms with Crippen LogP contribution in [-0.4, -0.2) is 5.97 Å². The molecule has 0 saturated heterocycles. The van der Waals surface area contributed by atoms with Gasteiger partial charge in [-0.15, -0.1) is 0 Å². The summed E-state index contributed by atoms with van der Waals surface area (Å²) in [6.07, 6.45) is 14.6. The number of hydrogen-bond donors (Lipinski definition) is 1. The molecular weight excluding hydrogens is 286 g/mol. The molecule has 0 aromatic heterocycles. The van der Waals surface area contributed by atoms with Crippen molar-refractivity contribution in [1.82, 2.24) is 0 Å². The number of ether oxygens (including phenoxy) is 1. The van der Waals surface area contributed by atoms with E-state index in [1.807, 2.05) is 0 Å². The first-order valence-electron chi connectivity index (χ1n) is 9.28. The molecule has 0 saturated carbocycles. The highest BCUT2D eigenvalue weighted by molar-refractivity contribution is 5.72. The normalized spacial score (nSPS) is 10.7. The van der Waals surface area contributed by atoms with Gasteiger partial charge in [0.15, 0.2) is 0 Å². The zero-order valence-corrected chi connectivity index (χ0v) is 14.7. The summed E-state index contributed by atoms with van der Waals surface area (Å²) in [5.74, 6) is 0.429. The van der Waals surface area contributed by atoms with E-state index in [0.29, 0.717) is 17.9 Å². The standard InChI is InChI=1S/C20H33NO2/c1-2-3-4-5-6-7-8-9-10-11-12-13-20(22)23-19-16-14-18(21)15-17-19/h14-17H,2-13,21H2,1H3. The predicted octanol–water partition coefficient (Wildman–Crippen LogP) is 5.88. The molecule has 0 radical (unpaired) electrons. The molecule has 3 nitrogen and oxygen atoms in total. The molecule has 1 rings (SSSR count). The Kier molecular flexibility index (Phi) is 11.0. The summed E-state index contributed by atoms with van der Waals surface area (Å²) in [6.45, 7) is 2.26. The number of esters is 1. The van der Waals surface area contributed by atoms with E-state index in [1.54, 1.807) is 24.3 Å². The Morgan fingerprint density at radius 2 is 1.30 bits per heavy atom. The van der Waals surface area contributed by atoms with Crippen LogP contribution in [0.1, 0.15) is 84.0 Å². The van der Waals surface area contributed by atoms with Gasteiger partial charge in [-0.05, 0) is 30.7 Å². The zero-order valence-electron chi connectivity index (χ0n) is 14.7. The molecule has 0 bridgehead atoms. The number of anilines is 1. The average molecular weight is 319 g/mol. The molecule has 3 heteroatoms. The zero-order chi connectivity index (χ0) is 16.8. The molecule has 0 aliphatic carbocycles. The van der Waals surface area contributed by atoms with Crippen LogP contribution in [0, 0.1) is 0 Å². The molecule has 1 aromatic rings. The quantitative estimate of drug-likeness (QED) is 0.214. The summed E-state index contributed by atoms with van der Waals surface area (Å²) in [7, 11) is 0. The van der Waals surface area contributed by atoms with Crippen LogP contribution in [0.25, 0.3) is 0 Å². The number of hydrogen-bond acceptors (Lipinski definition) is 3. The number of benzene rings is 1. The van der Waals surface area contributed by atoms with Gasteiger partial charge in [0.05, 0.1) is 0 Å². The number of nitrogens with two attached hydrogens (primary N) is 1. The Morgan fingerprint density at radius 3 is 1.83 bits per heavy atom. The van der Waals surface area contributed by atoms with Crippen LogP contribution in [0.5, 0.6) is 5.75 Å². The van der Waals surface area contributed by atoms with Crippen LogP contribution in [0.15, 0.2) is 24.3 Å². The summed E-state index contributed by atoms with van der Waals surface area (Å²) in [5.41, 5.74) is 6.27. The maximum atomic E-state index is 11.7. The van der Waals surface area contributed by atoms with Crippen LogP contribution in [0.2, 0.25) is 0 Å².